The molecule has 23 heavy (non-hydrogen) atoms. The molecule has 0 saturated carbocycles. The van der Waals surface area contributed by atoms with Crippen molar-refractivity contribution < 1.29 is 14.1 Å². The van der Waals surface area contributed by atoms with Gasteiger partial charge in [-0.05, 0) is 44.2 Å². The molecule has 5 heteroatoms. The summed E-state index contributed by atoms with van der Waals surface area (Å²) in [6.45, 7) is 2.96. The molecule has 0 N–H and O–H groups in total. The first-order valence-electron chi connectivity index (χ1n) is 8.08. The lowest BCUT2D eigenvalue weighted by Gasteiger charge is -2.17. The monoisotopic (exact) mass is 314 g/mol. The van der Waals surface area contributed by atoms with E-state index in [0.717, 1.165) is 48.3 Å². The molecule has 5 nitrogen and oxygen atoms in total. The maximum Gasteiger partial charge on any atom is 0.292 e. The van der Waals surface area contributed by atoms with Gasteiger partial charge < -0.3 is 14.2 Å². The summed E-state index contributed by atoms with van der Waals surface area (Å²) in [4.78, 5) is 14.2. The molecule has 122 valence electrons. The van der Waals surface area contributed by atoms with Gasteiger partial charge in [0.1, 0.15) is 12.4 Å². The van der Waals surface area contributed by atoms with Gasteiger partial charge in [0, 0.05) is 12.6 Å². The highest BCUT2D eigenvalue weighted by Crippen LogP contribution is 2.24. The number of hydrogen-bond acceptors (Lipinski definition) is 4. The van der Waals surface area contributed by atoms with E-state index in [0.29, 0.717) is 18.9 Å². The molecule has 0 radical (unpaired) electrons. The molecule has 1 aliphatic carbocycles. The molecular weight excluding hydrogens is 292 g/mol. The van der Waals surface area contributed by atoms with Gasteiger partial charge in [-0.3, -0.25) is 4.79 Å². The summed E-state index contributed by atoms with van der Waals surface area (Å²) >= 11 is 0. The summed E-state index contributed by atoms with van der Waals surface area (Å²) in [5.74, 6) is 1.14. The zero-order valence-electron chi connectivity index (χ0n) is 13.7. The first-order valence-corrected chi connectivity index (χ1v) is 8.08. The summed E-state index contributed by atoms with van der Waals surface area (Å²) in [5.41, 5.74) is 3.03. The highest BCUT2D eigenvalue weighted by molar-refractivity contribution is 5.92. The predicted octanol–water partition coefficient (Wildman–Crippen LogP) is 3.01. The highest BCUT2D eigenvalue weighted by Gasteiger charge is 2.26. The van der Waals surface area contributed by atoms with Gasteiger partial charge in [-0.2, -0.15) is 0 Å². The van der Waals surface area contributed by atoms with Crippen molar-refractivity contribution in [2.24, 2.45) is 0 Å². The van der Waals surface area contributed by atoms with Crippen LogP contribution in [0, 0.1) is 6.92 Å². The second-order valence-corrected chi connectivity index (χ2v) is 5.98. The van der Waals surface area contributed by atoms with E-state index in [1.807, 2.05) is 31.2 Å². The Morgan fingerprint density at radius 3 is 2.91 bits per heavy atom. The standard InChI is InChI=1S/C18H22N2O3/c1-13-7-3-6-10-16(13)22-12-11-20(2)18(21)17-14-8-4-5-9-15(14)19-23-17/h3,6-7,10H,4-5,8-9,11-12H2,1-2H3. The minimum Gasteiger partial charge on any atom is -0.491 e. The van der Waals surface area contributed by atoms with E-state index in [2.05, 4.69) is 5.16 Å². The molecule has 0 spiro atoms. The fourth-order valence-corrected chi connectivity index (χ4v) is 2.84. The smallest absolute Gasteiger partial charge is 0.292 e. The number of para-hydroxylation sites is 1. The minimum absolute atomic E-state index is 0.117. The highest BCUT2D eigenvalue weighted by atomic mass is 16.5. The molecular formula is C18H22N2O3. The molecule has 2 aromatic rings. The Hall–Kier alpha value is -2.30. The largest absolute Gasteiger partial charge is 0.491 e. The molecule has 0 bridgehead atoms. The molecule has 1 aliphatic rings. The van der Waals surface area contributed by atoms with Crippen LogP contribution in [0.25, 0.3) is 0 Å². The topological polar surface area (TPSA) is 55.6 Å². The van der Waals surface area contributed by atoms with E-state index in [9.17, 15) is 4.79 Å². The number of amides is 1. The average Bonchev–Trinajstić information content (AvgIpc) is 3.00. The van der Waals surface area contributed by atoms with Crippen LogP contribution < -0.4 is 4.74 Å². The van der Waals surface area contributed by atoms with Crippen molar-refractivity contribution in [1.82, 2.24) is 10.1 Å². The minimum atomic E-state index is -0.117. The van der Waals surface area contributed by atoms with E-state index in [1.54, 1.807) is 11.9 Å². The van der Waals surface area contributed by atoms with Crippen LogP contribution in [0.2, 0.25) is 0 Å². The Balaban J connectivity index is 1.58. The SMILES string of the molecule is Cc1ccccc1OCCN(C)C(=O)c1onc2c1CCCC2. The average molecular weight is 314 g/mol. The van der Waals surface area contributed by atoms with E-state index in [1.165, 1.54) is 0 Å². The van der Waals surface area contributed by atoms with Crippen molar-refractivity contribution in [3.05, 3.63) is 46.8 Å². The van der Waals surface area contributed by atoms with Crippen LogP contribution in [0.1, 0.15) is 40.2 Å². The van der Waals surface area contributed by atoms with Crippen molar-refractivity contribution >= 4 is 5.91 Å². The quantitative estimate of drug-likeness (QED) is 0.851. The fourth-order valence-electron chi connectivity index (χ4n) is 2.84. The third-order valence-corrected chi connectivity index (χ3v) is 4.28. The van der Waals surface area contributed by atoms with Crippen molar-refractivity contribution in [2.45, 2.75) is 32.6 Å². The number of rotatable bonds is 5. The van der Waals surface area contributed by atoms with Crippen LogP contribution >= 0.6 is 0 Å². The summed E-state index contributed by atoms with van der Waals surface area (Å²) in [5, 5.41) is 4.05. The van der Waals surface area contributed by atoms with Gasteiger partial charge in [0.15, 0.2) is 0 Å². The van der Waals surface area contributed by atoms with E-state index in [4.69, 9.17) is 9.26 Å². The molecule has 1 aromatic carbocycles. The fraction of sp³-hybridized carbons (Fsp3) is 0.444. The van der Waals surface area contributed by atoms with Crippen LogP contribution in [0.4, 0.5) is 0 Å². The number of aryl methyl sites for hydroxylation is 2. The number of ether oxygens (including phenoxy) is 1. The molecule has 1 amide bonds. The Morgan fingerprint density at radius 1 is 1.30 bits per heavy atom. The van der Waals surface area contributed by atoms with Crippen molar-refractivity contribution in [2.75, 3.05) is 20.2 Å². The maximum absolute atomic E-state index is 12.5. The van der Waals surface area contributed by atoms with Gasteiger partial charge in [0.05, 0.1) is 12.2 Å². The van der Waals surface area contributed by atoms with Gasteiger partial charge in [0.2, 0.25) is 5.76 Å². The van der Waals surface area contributed by atoms with Gasteiger partial charge in [-0.1, -0.05) is 23.4 Å². The van der Waals surface area contributed by atoms with E-state index in [-0.39, 0.29) is 5.91 Å². The Labute approximate surface area is 136 Å². The lowest BCUT2D eigenvalue weighted by molar-refractivity contribution is 0.0731. The molecule has 0 fully saturated rings. The van der Waals surface area contributed by atoms with E-state index >= 15 is 0 Å². The lowest BCUT2D eigenvalue weighted by atomic mass is 9.96. The molecule has 0 aliphatic heterocycles. The first-order chi connectivity index (χ1) is 11.2. The number of carbonyl (C=O) groups is 1. The molecule has 0 saturated heterocycles. The molecule has 1 aromatic heterocycles. The maximum atomic E-state index is 12.5. The Kier molecular flexibility index (Phi) is 4.65. The van der Waals surface area contributed by atoms with Crippen LogP contribution in [0.5, 0.6) is 5.75 Å². The first kappa shape index (κ1) is 15.6. The van der Waals surface area contributed by atoms with E-state index < -0.39 is 0 Å². The van der Waals surface area contributed by atoms with Gasteiger partial charge in [0.25, 0.3) is 5.91 Å². The van der Waals surface area contributed by atoms with Crippen LogP contribution in [0.15, 0.2) is 28.8 Å². The zero-order chi connectivity index (χ0) is 16.2. The van der Waals surface area contributed by atoms with Crippen molar-refractivity contribution in [1.29, 1.82) is 0 Å². The zero-order valence-corrected chi connectivity index (χ0v) is 13.7. The molecule has 0 atom stereocenters. The van der Waals surface area contributed by atoms with Gasteiger partial charge in [-0.25, -0.2) is 0 Å². The number of nitrogens with zero attached hydrogens (tertiary/aromatic N) is 2. The van der Waals surface area contributed by atoms with Crippen LogP contribution in [-0.2, 0) is 12.8 Å². The van der Waals surface area contributed by atoms with Crippen LogP contribution in [0.3, 0.4) is 0 Å². The lowest BCUT2D eigenvalue weighted by Crippen LogP contribution is -2.31. The number of aromatic nitrogens is 1. The summed E-state index contributed by atoms with van der Waals surface area (Å²) in [6.07, 6.45) is 4.00. The summed E-state index contributed by atoms with van der Waals surface area (Å²) < 4.78 is 11.0. The Bertz CT molecular complexity index is 693. The number of benzene rings is 1. The van der Waals surface area contributed by atoms with Gasteiger partial charge in [-0.15, -0.1) is 0 Å². The summed E-state index contributed by atoms with van der Waals surface area (Å²) in [7, 11) is 1.77. The van der Waals surface area contributed by atoms with Gasteiger partial charge >= 0.3 is 0 Å². The predicted molar refractivity (Wildman–Crippen MR) is 86.8 cm³/mol. The van der Waals surface area contributed by atoms with Crippen molar-refractivity contribution in [3.63, 3.8) is 0 Å². The number of hydrogen-bond donors (Lipinski definition) is 0. The molecule has 3 rings (SSSR count). The van der Waals surface area contributed by atoms with Crippen LogP contribution in [-0.4, -0.2) is 36.2 Å². The second kappa shape index (κ2) is 6.86. The third-order valence-electron chi connectivity index (χ3n) is 4.28. The Morgan fingerprint density at radius 2 is 2.09 bits per heavy atom. The normalized spacial score (nSPS) is 13.5. The number of likely N-dealkylation sites (N-methyl/N-ethyl adjacent to an activating group) is 1. The number of carbonyl (C=O) groups excluding carboxylic acids is 1. The number of fused-ring (bicyclic) bond motifs is 1. The molecule has 1 heterocycles. The second-order valence-electron chi connectivity index (χ2n) is 5.98. The molecule has 0 unspecified atom stereocenters. The summed E-state index contributed by atoms with van der Waals surface area (Å²) in [6, 6.07) is 7.86. The third kappa shape index (κ3) is 3.38. The van der Waals surface area contributed by atoms with Crippen molar-refractivity contribution in [3.8, 4) is 5.75 Å².